The van der Waals surface area contributed by atoms with Crippen molar-refractivity contribution in [2.24, 2.45) is 0 Å². The highest BCUT2D eigenvalue weighted by Gasteiger charge is 2.22. The number of amides is 1. The lowest BCUT2D eigenvalue weighted by Crippen LogP contribution is -2.40. The third-order valence-electron chi connectivity index (χ3n) is 1.97. The predicted octanol–water partition coefficient (Wildman–Crippen LogP) is 1.30. The fourth-order valence-electron chi connectivity index (χ4n) is 1.13. The van der Waals surface area contributed by atoms with Crippen LogP contribution in [0, 0.1) is 6.57 Å². The van der Waals surface area contributed by atoms with Crippen molar-refractivity contribution in [2.75, 3.05) is 20.2 Å². The minimum Gasteiger partial charge on any atom is -0.492 e. The number of nitrogens with zero attached hydrogens (tertiary/aromatic N) is 2. The summed E-state index contributed by atoms with van der Waals surface area (Å²) < 4.78 is 4.76. The van der Waals surface area contributed by atoms with Crippen molar-refractivity contribution < 1.29 is 9.53 Å². The van der Waals surface area contributed by atoms with Crippen LogP contribution in [0.5, 0.6) is 0 Å². The van der Waals surface area contributed by atoms with Crippen molar-refractivity contribution in [1.82, 2.24) is 4.90 Å². The zero-order chi connectivity index (χ0) is 11.1. The van der Waals surface area contributed by atoms with E-state index in [1.165, 1.54) is 7.11 Å². The Morgan fingerprint density at radius 2 is 2.29 bits per heavy atom. The molecule has 78 valence electrons. The number of likely N-dealkylation sites (N-methyl/N-ethyl adjacent to an activating group) is 1. The molecule has 0 N–H and O–H groups in total. The average Bonchev–Trinajstić information content (AvgIpc) is 2.18. The largest absolute Gasteiger partial charge is 0.492 e. The quantitative estimate of drug-likeness (QED) is 0.377. The second-order valence-electron chi connectivity index (χ2n) is 2.91. The van der Waals surface area contributed by atoms with E-state index in [1.54, 1.807) is 4.90 Å². The van der Waals surface area contributed by atoms with Crippen LogP contribution in [-0.2, 0) is 9.53 Å². The summed E-state index contributed by atoms with van der Waals surface area (Å²) >= 11 is 0. The molecule has 0 unspecified atom stereocenters. The molecule has 0 aliphatic heterocycles. The Balaban J connectivity index is 4.49. The van der Waals surface area contributed by atoms with Crippen LogP contribution in [-0.4, -0.2) is 37.0 Å². The number of hydrogen-bond acceptors (Lipinski definition) is 2. The van der Waals surface area contributed by atoms with E-state index in [0.717, 1.165) is 0 Å². The van der Waals surface area contributed by atoms with Crippen molar-refractivity contribution in [3.8, 4) is 0 Å². The number of methoxy groups -OCH3 is 1. The van der Waals surface area contributed by atoms with Crippen LogP contribution in [0.25, 0.3) is 4.85 Å². The Morgan fingerprint density at radius 1 is 1.71 bits per heavy atom. The molecule has 0 radical (unpaired) electrons. The Bertz CT molecular complexity index is 255. The molecule has 0 bridgehead atoms. The van der Waals surface area contributed by atoms with Gasteiger partial charge in [0.2, 0.25) is 6.54 Å². The number of hydrogen-bond donors (Lipinski definition) is 0. The highest BCUT2D eigenvalue weighted by Crippen LogP contribution is 2.06. The highest BCUT2D eigenvalue weighted by molar-refractivity contribution is 5.91. The molecule has 0 saturated carbocycles. The van der Waals surface area contributed by atoms with E-state index in [2.05, 4.69) is 11.4 Å². The summed E-state index contributed by atoms with van der Waals surface area (Å²) in [5.41, 5.74) is 0. The monoisotopic (exact) mass is 196 g/mol. The van der Waals surface area contributed by atoms with Crippen molar-refractivity contribution in [1.29, 1.82) is 0 Å². The lowest BCUT2D eigenvalue weighted by Gasteiger charge is -2.24. The molecule has 1 atom stereocenters. The van der Waals surface area contributed by atoms with Gasteiger partial charge in [-0.05, 0) is 13.8 Å². The zero-order valence-electron chi connectivity index (χ0n) is 8.91. The molecule has 0 fully saturated rings. The first-order valence-electron chi connectivity index (χ1n) is 4.45. The second-order valence-corrected chi connectivity index (χ2v) is 2.91. The topological polar surface area (TPSA) is 33.9 Å². The highest BCUT2D eigenvalue weighted by atomic mass is 16.5. The summed E-state index contributed by atoms with van der Waals surface area (Å²) in [6.45, 7) is 14.8. The molecule has 0 aromatic carbocycles. The maximum atomic E-state index is 11.6. The number of carbonyl (C=O) groups is 1. The van der Waals surface area contributed by atoms with Crippen LogP contribution >= 0.6 is 0 Å². The molecular weight excluding hydrogens is 180 g/mol. The van der Waals surface area contributed by atoms with Gasteiger partial charge in [-0.2, -0.15) is 0 Å². The van der Waals surface area contributed by atoms with E-state index < -0.39 is 0 Å². The Labute approximate surface area is 85.0 Å². The number of ether oxygens (including phenoxy) is 1. The summed E-state index contributed by atoms with van der Waals surface area (Å²) in [5, 5.41) is 0. The minimum atomic E-state index is -0.244. The molecule has 0 rings (SSSR count). The normalized spacial score (nSPS) is 11.3. The van der Waals surface area contributed by atoms with Gasteiger partial charge >= 0.3 is 0 Å². The van der Waals surface area contributed by atoms with E-state index in [-0.39, 0.29) is 17.7 Å². The van der Waals surface area contributed by atoms with Gasteiger partial charge in [0.25, 0.3) is 5.91 Å². The van der Waals surface area contributed by atoms with Crippen LogP contribution in [0.2, 0.25) is 0 Å². The van der Waals surface area contributed by atoms with Gasteiger partial charge in [-0.25, -0.2) is 6.57 Å². The first kappa shape index (κ1) is 12.5. The van der Waals surface area contributed by atoms with Crippen molar-refractivity contribution in [2.45, 2.75) is 19.9 Å². The van der Waals surface area contributed by atoms with E-state index in [1.807, 2.05) is 13.8 Å². The fourth-order valence-corrected chi connectivity index (χ4v) is 1.13. The zero-order valence-corrected chi connectivity index (χ0v) is 8.91. The second kappa shape index (κ2) is 6.03. The summed E-state index contributed by atoms with van der Waals surface area (Å²) in [7, 11) is 1.41. The van der Waals surface area contributed by atoms with E-state index in [0.29, 0.717) is 13.1 Å². The summed E-state index contributed by atoms with van der Waals surface area (Å²) in [6, 6.07) is -0.100. The Kier molecular flexibility index (Phi) is 5.38. The standard InChI is InChI=1S/C10H16N2O2/c1-6-12(8(2)7-11-4)10(13)9(3)14-5/h8H,3,6-7H2,1-2,5H3/t8-/m1/s1. The maximum Gasteiger partial charge on any atom is 0.288 e. The molecule has 0 aliphatic rings. The summed E-state index contributed by atoms with van der Waals surface area (Å²) in [6.07, 6.45) is 0. The molecule has 0 spiro atoms. The smallest absolute Gasteiger partial charge is 0.288 e. The lowest BCUT2D eigenvalue weighted by molar-refractivity contribution is -0.131. The first-order chi connectivity index (χ1) is 6.58. The molecule has 0 saturated heterocycles. The predicted molar refractivity (Wildman–Crippen MR) is 54.5 cm³/mol. The fraction of sp³-hybridized carbons (Fsp3) is 0.600. The molecule has 0 aromatic rings. The van der Waals surface area contributed by atoms with Crippen LogP contribution in [0.15, 0.2) is 12.3 Å². The van der Waals surface area contributed by atoms with Gasteiger partial charge in [-0.15, -0.1) is 0 Å². The third kappa shape index (κ3) is 3.09. The lowest BCUT2D eigenvalue weighted by atomic mass is 10.2. The molecule has 0 heterocycles. The van der Waals surface area contributed by atoms with Crippen molar-refractivity contribution >= 4 is 5.91 Å². The minimum absolute atomic E-state index is 0.100. The van der Waals surface area contributed by atoms with E-state index in [9.17, 15) is 4.79 Å². The van der Waals surface area contributed by atoms with Gasteiger partial charge in [-0.1, -0.05) is 6.58 Å². The van der Waals surface area contributed by atoms with Gasteiger partial charge in [0.05, 0.1) is 7.11 Å². The summed E-state index contributed by atoms with van der Waals surface area (Å²) in [5.74, 6) is -0.130. The first-order valence-corrected chi connectivity index (χ1v) is 4.45. The molecule has 14 heavy (non-hydrogen) atoms. The molecule has 1 amide bonds. The summed E-state index contributed by atoms with van der Waals surface area (Å²) in [4.78, 5) is 16.5. The van der Waals surface area contributed by atoms with Crippen LogP contribution in [0.3, 0.4) is 0 Å². The molecule has 4 nitrogen and oxygen atoms in total. The average molecular weight is 196 g/mol. The molecule has 0 aromatic heterocycles. The van der Waals surface area contributed by atoms with Gasteiger partial charge in [0.1, 0.15) is 6.04 Å². The van der Waals surface area contributed by atoms with Crippen LogP contribution < -0.4 is 0 Å². The van der Waals surface area contributed by atoms with Crippen molar-refractivity contribution in [3.05, 3.63) is 23.8 Å². The van der Waals surface area contributed by atoms with Gasteiger partial charge in [0, 0.05) is 6.54 Å². The van der Waals surface area contributed by atoms with Gasteiger partial charge in [0.15, 0.2) is 5.76 Å². The maximum absolute atomic E-state index is 11.6. The Hall–Kier alpha value is -1.50. The molecule has 0 aliphatic carbocycles. The SMILES string of the molecule is [C-]#[N+]C[C@@H](C)N(CC)C(=O)C(=C)OC. The van der Waals surface area contributed by atoms with E-state index >= 15 is 0 Å². The Morgan fingerprint density at radius 3 is 2.64 bits per heavy atom. The van der Waals surface area contributed by atoms with Crippen molar-refractivity contribution in [3.63, 3.8) is 0 Å². The van der Waals surface area contributed by atoms with Crippen LogP contribution in [0.4, 0.5) is 0 Å². The van der Waals surface area contributed by atoms with Gasteiger partial charge < -0.3 is 14.5 Å². The van der Waals surface area contributed by atoms with Crippen LogP contribution in [0.1, 0.15) is 13.8 Å². The van der Waals surface area contributed by atoms with E-state index in [4.69, 9.17) is 11.3 Å². The number of carbonyl (C=O) groups excluding carboxylic acids is 1. The number of rotatable bonds is 5. The van der Waals surface area contributed by atoms with Gasteiger partial charge in [-0.3, -0.25) is 4.79 Å². The third-order valence-corrected chi connectivity index (χ3v) is 1.97. The molecular formula is C10H16N2O2. The molecule has 4 heteroatoms.